The predicted octanol–water partition coefficient (Wildman–Crippen LogP) is 4.15. The van der Waals surface area contributed by atoms with Crippen molar-refractivity contribution in [3.05, 3.63) is 52.5 Å². The molecule has 1 aliphatic heterocycles. The maximum Gasteiger partial charge on any atom is 0.241 e. The van der Waals surface area contributed by atoms with Gasteiger partial charge in [0.15, 0.2) is 0 Å². The molecular weight excluding hydrogens is 385 g/mol. The summed E-state index contributed by atoms with van der Waals surface area (Å²) in [6.07, 6.45) is 0. The van der Waals surface area contributed by atoms with Crippen molar-refractivity contribution in [1.82, 2.24) is 4.90 Å². The Labute approximate surface area is 169 Å². The first-order chi connectivity index (χ1) is 13.0. The van der Waals surface area contributed by atoms with E-state index in [0.717, 1.165) is 31.9 Å². The van der Waals surface area contributed by atoms with Crippen LogP contribution in [0.5, 0.6) is 5.75 Å². The summed E-state index contributed by atoms with van der Waals surface area (Å²) in [4.78, 5) is 17.1. The molecule has 1 amide bonds. The number of carbonyl (C=O) groups excluding carboxylic acids is 1. The van der Waals surface area contributed by atoms with Crippen molar-refractivity contribution in [3.8, 4) is 5.75 Å². The van der Waals surface area contributed by atoms with Gasteiger partial charge in [-0.3, -0.25) is 9.69 Å². The molecule has 0 radical (unpaired) electrons. The van der Waals surface area contributed by atoms with E-state index in [2.05, 4.69) is 27.2 Å². The van der Waals surface area contributed by atoms with Gasteiger partial charge < -0.3 is 15.0 Å². The second-order valence-corrected chi connectivity index (χ2v) is 7.42. The molecule has 1 N–H and O–H groups in total. The van der Waals surface area contributed by atoms with Crippen molar-refractivity contribution < 1.29 is 9.53 Å². The number of amides is 1. The van der Waals surface area contributed by atoms with Gasteiger partial charge in [0.1, 0.15) is 5.75 Å². The van der Waals surface area contributed by atoms with E-state index in [0.29, 0.717) is 15.7 Å². The highest BCUT2D eigenvalue weighted by Gasteiger charge is 2.25. The van der Waals surface area contributed by atoms with E-state index in [4.69, 9.17) is 27.9 Å². The minimum absolute atomic E-state index is 0.0637. The molecule has 0 aromatic heterocycles. The van der Waals surface area contributed by atoms with Gasteiger partial charge in [-0.25, -0.2) is 0 Å². The lowest BCUT2D eigenvalue weighted by Crippen LogP contribution is -2.52. The van der Waals surface area contributed by atoms with Crippen molar-refractivity contribution in [2.75, 3.05) is 43.5 Å². The van der Waals surface area contributed by atoms with Crippen molar-refractivity contribution in [3.63, 3.8) is 0 Å². The zero-order valence-corrected chi connectivity index (χ0v) is 16.9. The molecule has 144 valence electrons. The van der Waals surface area contributed by atoms with Crippen LogP contribution in [0.15, 0.2) is 42.5 Å². The lowest BCUT2D eigenvalue weighted by atomic mass is 10.2. The molecule has 2 aromatic rings. The Balaban J connectivity index is 1.55. The number of piperazine rings is 1. The normalized spacial score (nSPS) is 16.1. The second-order valence-electron chi connectivity index (χ2n) is 6.54. The molecule has 1 fully saturated rings. The number of rotatable bonds is 5. The first-order valence-electron chi connectivity index (χ1n) is 8.86. The number of halogens is 2. The molecule has 1 saturated heterocycles. The lowest BCUT2D eigenvalue weighted by Gasteiger charge is -2.38. The van der Waals surface area contributed by atoms with Crippen LogP contribution in [0.1, 0.15) is 6.92 Å². The highest BCUT2D eigenvalue weighted by atomic mass is 35.5. The first-order valence-corrected chi connectivity index (χ1v) is 9.62. The summed E-state index contributed by atoms with van der Waals surface area (Å²) in [5.74, 6) is 0.787. The zero-order valence-electron chi connectivity index (χ0n) is 15.4. The quantitative estimate of drug-likeness (QED) is 0.808. The van der Waals surface area contributed by atoms with Crippen LogP contribution in [0, 0.1) is 0 Å². The number of nitrogens with one attached hydrogen (secondary N) is 1. The lowest BCUT2D eigenvalue weighted by molar-refractivity contribution is -0.120. The average Bonchev–Trinajstić information content (AvgIpc) is 2.67. The molecule has 1 aliphatic rings. The topological polar surface area (TPSA) is 44.8 Å². The van der Waals surface area contributed by atoms with Crippen molar-refractivity contribution in [2.45, 2.75) is 13.0 Å². The molecule has 3 rings (SSSR count). The number of carbonyl (C=O) groups is 1. The van der Waals surface area contributed by atoms with Gasteiger partial charge in [-0.1, -0.05) is 23.2 Å². The summed E-state index contributed by atoms with van der Waals surface area (Å²) in [6.45, 7) is 5.29. The fraction of sp³-hybridized carbons (Fsp3) is 0.350. The van der Waals surface area contributed by atoms with Crippen LogP contribution >= 0.6 is 23.2 Å². The van der Waals surface area contributed by atoms with Crippen LogP contribution in [0.4, 0.5) is 11.4 Å². The summed E-state index contributed by atoms with van der Waals surface area (Å²) in [7, 11) is 1.66. The molecule has 0 aliphatic carbocycles. The molecule has 0 bridgehead atoms. The maximum absolute atomic E-state index is 12.6. The highest BCUT2D eigenvalue weighted by Crippen LogP contribution is 2.24. The Morgan fingerprint density at radius 3 is 2.19 bits per heavy atom. The summed E-state index contributed by atoms with van der Waals surface area (Å²) in [5.41, 5.74) is 1.78. The van der Waals surface area contributed by atoms with Crippen LogP contribution < -0.4 is 15.0 Å². The first kappa shape index (κ1) is 19.8. The van der Waals surface area contributed by atoms with Gasteiger partial charge in [-0.2, -0.15) is 0 Å². The number of methoxy groups -OCH3 is 1. The van der Waals surface area contributed by atoms with Crippen molar-refractivity contribution >= 4 is 40.5 Å². The number of ether oxygens (including phenoxy) is 1. The molecule has 1 heterocycles. The van der Waals surface area contributed by atoms with E-state index in [-0.39, 0.29) is 11.9 Å². The van der Waals surface area contributed by atoms with Gasteiger partial charge in [-0.15, -0.1) is 0 Å². The maximum atomic E-state index is 12.6. The minimum atomic E-state index is -0.235. The molecule has 0 saturated carbocycles. The molecule has 2 aromatic carbocycles. The van der Waals surface area contributed by atoms with Crippen molar-refractivity contribution in [1.29, 1.82) is 0 Å². The van der Waals surface area contributed by atoms with Crippen LogP contribution in [0.2, 0.25) is 10.0 Å². The Morgan fingerprint density at radius 1 is 1.04 bits per heavy atom. The van der Waals surface area contributed by atoms with Crippen LogP contribution in [-0.4, -0.2) is 50.1 Å². The van der Waals surface area contributed by atoms with Crippen molar-refractivity contribution in [2.24, 2.45) is 0 Å². The summed E-state index contributed by atoms with van der Waals surface area (Å²) >= 11 is 12.0. The third-order valence-electron chi connectivity index (χ3n) is 4.81. The van der Waals surface area contributed by atoms with Gasteiger partial charge in [0.05, 0.1) is 13.2 Å². The zero-order chi connectivity index (χ0) is 19.4. The predicted molar refractivity (Wildman–Crippen MR) is 111 cm³/mol. The Kier molecular flexibility index (Phi) is 6.47. The molecule has 0 spiro atoms. The van der Waals surface area contributed by atoms with Crippen LogP contribution in [0.3, 0.4) is 0 Å². The number of nitrogens with zero attached hydrogens (tertiary/aromatic N) is 2. The van der Waals surface area contributed by atoms with E-state index in [1.54, 1.807) is 25.3 Å². The van der Waals surface area contributed by atoms with Crippen LogP contribution in [-0.2, 0) is 4.79 Å². The fourth-order valence-corrected chi connectivity index (χ4v) is 3.73. The Morgan fingerprint density at radius 2 is 1.63 bits per heavy atom. The Bertz CT molecular complexity index is 770. The standard InChI is InChI=1S/C20H23Cl2N3O2/c1-14(20(26)23-17-12-15(21)11-16(22)13-17)24-7-9-25(10-8-24)18-3-5-19(27-2)6-4-18/h3-6,11-14H,7-10H2,1-2H3,(H,23,26). The number of hydrogen-bond donors (Lipinski definition) is 1. The van der Waals surface area contributed by atoms with Gasteiger partial charge in [0.25, 0.3) is 0 Å². The number of benzene rings is 2. The summed E-state index contributed by atoms with van der Waals surface area (Å²) in [5, 5.41) is 3.90. The summed E-state index contributed by atoms with van der Waals surface area (Å²) < 4.78 is 5.21. The minimum Gasteiger partial charge on any atom is -0.497 e. The molecule has 1 unspecified atom stereocenters. The van der Waals surface area contributed by atoms with Gasteiger partial charge in [-0.05, 0) is 49.4 Å². The molecule has 1 atom stereocenters. The third-order valence-corrected chi connectivity index (χ3v) is 5.25. The number of anilines is 2. The van der Waals surface area contributed by atoms with E-state index >= 15 is 0 Å². The van der Waals surface area contributed by atoms with Gasteiger partial charge >= 0.3 is 0 Å². The largest absolute Gasteiger partial charge is 0.497 e. The average molecular weight is 408 g/mol. The van der Waals surface area contributed by atoms with Gasteiger partial charge in [0, 0.05) is 47.6 Å². The second kappa shape index (κ2) is 8.83. The third kappa shape index (κ3) is 5.06. The highest BCUT2D eigenvalue weighted by molar-refractivity contribution is 6.35. The molecule has 5 nitrogen and oxygen atoms in total. The monoisotopic (exact) mass is 407 g/mol. The Hall–Kier alpha value is -1.95. The smallest absolute Gasteiger partial charge is 0.241 e. The van der Waals surface area contributed by atoms with Gasteiger partial charge in [0.2, 0.25) is 5.91 Å². The van der Waals surface area contributed by atoms with E-state index < -0.39 is 0 Å². The number of hydrogen-bond acceptors (Lipinski definition) is 4. The molecule has 27 heavy (non-hydrogen) atoms. The van der Waals surface area contributed by atoms with Crippen LogP contribution in [0.25, 0.3) is 0 Å². The van der Waals surface area contributed by atoms with E-state index in [9.17, 15) is 4.79 Å². The SMILES string of the molecule is COc1ccc(N2CCN(C(C)C(=O)Nc3cc(Cl)cc(Cl)c3)CC2)cc1. The van der Waals surface area contributed by atoms with E-state index in [1.165, 1.54) is 5.69 Å². The summed E-state index contributed by atoms with van der Waals surface area (Å²) in [6, 6.07) is 12.9. The molecular formula is C20H23Cl2N3O2. The molecule has 7 heteroatoms. The van der Waals surface area contributed by atoms with E-state index in [1.807, 2.05) is 19.1 Å². The fourth-order valence-electron chi connectivity index (χ4n) is 3.20.